The summed E-state index contributed by atoms with van der Waals surface area (Å²) in [5.41, 5.74) is 2.06. The van der Waals surface area contributed by atoms with Gasteiger partial charge in [0.2, 0.25) is 0 Å². The number of nitrogens with one attached hydrogen (secondary N) is 1. The quantitative estimate of drug-likeness (QED) is 0.860. The SMILES string of the molecule is Cc1ccc(F)c(N2CCCC(NC(=O)C(C)Oc3cccc(C#N)c3)C2)c1. The number of halogens is 1. The molecule has 1 aliphatic heterocycles. The predicted molar refractivity (Wildman–Crippen MR) is 106 cm³/mol. The van der Waals surface area contributed by atoms with Crippen LogP contribution >= 0.6 is 0 Å². The molecule has 3 rings (SSSR count). The summed E-state index contributed by atoms with van der Waals surface area (Å²) in [6.07, 6.45) is 1.02. The van der Waals surface area contributed by atoms with Crippen LogP contribution in [-0.2, 0) is 4.79 Å². The first-order chi connectivity index (χ1) is 13.5. The molecule has 0 radical (unpaired) electrons. The highest BCUT2D eigenvalue weighted by Crippen LogP contribution is 2.24. The van der Waals surface area contributed by atoms with E-state index in [2.05, 4.69) is 5.32 Å². The van der Waals surface area contributed by atoms with Crippen molar-refractivity contribution in [3.05, 3.63) is 59.4 Å². The summed E-state index contributed by atoms with van der Waals surface area (Å²) in [6.45, 7) is 4.93. The Balaban J connectivity index is 1.60. The average molecular weight is 381 g/mol. The monoisotopic (exact) mass is 381 g/mol. The molecule has 2 atom stereocenters. The topological polar surface area (TPSA) is 65.4 Å². The van der Waals surface area contributed by atoms with Crippen LogP contribution in [0.4, 0.5) is 10.1 Å². The second kappa shape index (κ2) is 8.75. The lowest BCUT2D eigenvalue weighted by Crippen LogP contribution is -2.50. The standard InChI is InChI=1S/C22H24FN3O2/c1-15-8-9-20(23)21(11-15)26-10-4-6-18(14-26)25-22(27)16(2)28-19-7-3-5-17(12-19)13-24/h3,5,7-9,11-12,16,18H,4,6,10,14H2,1-2H3,(H,25,27). The summed E-state index contributed by atoms with van der Waals surface area (Å²) in [4.78, 5) is 14.5. The lowest BCUT2D eigenvalue weighted by atomic mass is 10.0. The molecule has 2 aromatic carbocycles. The number of rotatable bonds is 5. The third-order valence-electron chi connectivity index (χ3n) is 4.86. The van der Waals surface area contributed by atoms with Crippen molar-refractivity contribution in [3.63, 3.8) is 0 Å². The van der Waals surface area contributed by atoms with Crippen molar-refractivity contribution in [2.45, 2.75) is 38.8 Å². The van der Waals surface area contributed by atoms with E-state index in [1.54, 1.807) is 37.3 Å². The number of nitriles is 1. The maximum absolute atomic E-state index is 14.2. The molecule has 1 amide bonds. The van der Waals surface area contributed by atoms with Crippen molar-refractivity contribution in [3.8, 4) is 11.8 Å². The van der Waals surface area contributed by atoms with Crippen LogP contribution in [0.25, 0.3) is 0 Å². The van der Waals surface area contributed by atoms with E-state index < -0.39 is 6.10 Å². The van der Waals surface area contributed by atoms with Crippen LogP contribution in [0, 0.1) is 24.1 Å². The van der Waals surface area contributed by atoms with Crippen molar-refractivity contribution < 1.29 is 13.9 Å². The number of hydrogen-bond donors (Lipinski definition) is 1. The molecular weight excluding hydrogens is 357 g/mol. The highest BCUT2D eigenvalue weighted by atomic mass is 19.1. The molecule has 2 unspecified atom stereocenters. The highest BCUT2D eigenvalue weighted by molar-refractivity contribution is 5.81. The molecule has 1 aliphatic rings. The summed E-state index contributed by atoms with van der Waals surface area (Å²) in [5, 5.41) is 12.0. The van der Waals surface area contributed by atoms with E-state index in [1.807, 2.05) is 24.0 Å². The highest BCUT2D eigenvalue weighted by Gasteiger charge is 2.25. The molecule has 1 heterocycles. The zero-order valence-corrected chi connectivity index (χ0v) is 16.1. The Morgan fingerprint density at radius 1 is 1.36 bits per heavy atom. The van der Waals surface area contributed by atoms with E-state index >= 15 is 0 Å². The second-order valence-electron chi connectivity index (χ2n) is 7.15. The number of anilines is 1. The molecule has 1 saturated heterocycles. The van der Waals surface area contributed by atoms with Crippen molar-refractivity contribution >= 4 is 11.6 Å². The van der Waals surface area contributed by atoms with Crippen LogP contribution in [-0.4, -0.2) is 31.1 Å². The molecule has 0 bridgehead atoms. The van der Waals surface area contributed by atoms with Crippen molar-refractivity contribution in [1.29, 1.82) is 5.26 Å². The minimum Gasteiger partial charge on any atom is -0.481 e. The zero-order chi connectivity index (χ0) is 20.1. The van der Waals surface area contributed by atoms with Crippen LogP contribution in [0.1, 0.15) is 30.9 Å². The predicted octanol–water partition coefficient (Wildman–Crippen LogP) is 3.56. The number of carbonyl (C=O) groups is 1. The van der Waals surface area contributed by atoms with Gasteiger partial charge in [-0.3, -0.25) is 4.79 Å². The Morgan fingerprint density at radius 3 is 2.96 bits per heavy atom. The van der Waals surface area contributed by atoms with Crippen molar-refractivity contribution in [2.75, 3.05) is 18.0 Å². The van der Waals surface area contributed by atoms with E-state index in [0.29, 0.717) is 23.5 Å². The Labute approximate surface area is 164 Å². The summed E-state index contributed by atoms with van der Waals surface area (Å²) in [6, 6.07) is 13.8. The molecule has 2 aromatic rings. The molecule has 0 aliphatic carbocycles. The fourth-order valence-corrected chi connectivity index (χ4v) is 3.39. The van der Waals surface area contributed by atoms with Crippen LogP contribution in [0.2, 0.25) is 0 Å². The molecule has 6 heteroatoms. The number of amides is 1. The number of piperidine rings is 1. The fraction of sp³-hybridized carbons (Fsp3) is 0.364. The molecule has 0 spiro atoms. The molecule has 0 aromatic heterocycles. The van der Waals surface area contributed by atoms with Crippen molar-refractivity contribution in [2.24, 2.45) is 0 Å². The fourth-order valence-electron chi connectivity index (χ4n) is 3.39. The van der Waals surface area contributed by atoms with Gasteiger partial charge in [0.25, 0.3) is 5.91 Å². The maximum Gasteiger partial charge on any atom is 0.261 e. The normalized spacial score (nSPS) is 17.5. The van der Waals surface area contributed by atoms with Crippen LogP contribution in [0.3, 0.4) is 0 Å². The van der Waals surface area contributed by atoms with Crippen LogP contribution < -0.4 is 15.0 Å². The average Bonchev–Trinajstić information content (AvgIpc) is 2.70. The van der Waals surface area contributed by atoms with Gasteiger partial charge < -0.3 is 15.0 Å². The van der Waals surface area contributed by atoms with Gasteiger partial charge in [0.1, 0.15) is 11.6 Å². The van der Waals surface area contributed by atoms with Gasteiger partial charge in [-0.05, 0) is 62.6 Å². The van der Waals surface area contributed by atoms with Gasteiger partial charge in [-0.15, -0.1) is 0 Å². The number of benzene rings is 2. The minimum atomic E-state index is -0.694. The summed E-state index contributed by atoms with van der Waals surface area (Å²) in [7, 11) is 0. The van der Waals surface area contributed by atoms with E-state index in [-0.39, 0.29) is 17.8 Å². The maximum atomic E-state index is 14.2. The number of carbonyl (C=O) groups excluding carboxylic acids is 1. The van der Waals surface area contributed by atoms with E-state index in [0.717, 1.165) is 24.9 Å². The first kappa shape index (κ1) is 19.7. The Morgan fingerprint density at radius 2 is 2.18 bits per heavy atom. The largest absolute Gasteiger partial charge is 0.481 e. The van der Waals surface area contributed by atoms with E-state index in [4.69, 9.17) is 10.00 Å². The zero-order valence-electron chi connectivity index (χ0n) is 16.1. The lowest BCUT2D eigenvalue weighted by molar-refractivity contribution is -0.128. The Bertz CT molecular complexity index is 894. The molecule has 0 saturated carbocycles. The lowest BCUT2D eigenvalue weighted by Gasteiger charge is -2.35. The van der Waals surface area contributed by atoms with E-state index in [9.17, 15) is 9.18 Å². The molecule has 1 fully saturated rings. The number of hydrogen-bond acceptors (Lipinski definition) is 4. The molecule has 146 valence electrons. The van der Waals surface area contributed by atoms with Gasteiger partial charge in [0.15, 0.2) is 6.10 Å². The molecular formula is C22H24FN3O2. The van der Waals surface area contributed by atoms with Crippen LogP contribution in [0.15, 0.2) is 42.5 Å². The Kier molecular flexibility index (Phi) is 6.15. The summed E-state index contributed by atoms with van der Waals surface area (Å²) >= 11 is 0. The first-order valence-corrected chi connectivity index (χ1v) is 9.44. The Hall–Kier alpha value is -3.07. The summed E-state index contributed by atoms with van der Waals surface area (Å²) in [5.74, 6) is 0.0133. The molecule has 28 heavy (non-hydrogen) atoms. The first-order valence-electron chi connectivity index (χ1n) is 9.44. The second-order valence-corrected chi connectivity index (χ2v) is 7.15. The van der Waals surface area contributed by atoms with Gasteiger partial charge in [-0.2, -0.15) is 5.26 Å². The summed E-state index contributed by atoms with van der Waals surface area (Å²) < 4.78 is 19.9. The number of aryl methyl sites for hydroxylation is 1. The van der Waals surface area contributed by atoms with Crippen molar-refractivity contribution in [1.82, 2.24) is 5.32 Å². The van der Waals surface area contributed by atoms with Gasteiger partial charge in [0.05, 0.1) is 17.3 Å². The van der Waals surface area contributed by atoms with Crippen LogP contribution in [0.5, 0.6) is 5.75 Å². The van der Waals surface area contributed by atoms with E-state index in [1.165, 1.54) is 6.07 Å². The third kappa shape index (κ3) is 4.80. The number of nitrogens with zero attached hydrogens (tertiary/aromatic N) is 2. The van der Waals surface area contributed by atoms with Gasteiger partial charge >= 0.3 is 0 Å². The van der Waals surface area contributed by atoms with Gasteiger partial charge in [-0.1, -0.05) is 12.1 Å². The minimum absolute atomic E-state index is 0.0716. The van der Waals surface area contributed by atoms with Gasteiger partial charge in [0, 0.05) is 19.1 Å². The van der Waals surface area contributed by atoms with Gasteiger partial charge in [-0.25, -0.2) is 4.39 Å². The molecule has 1 N–H and O–H groups in total. The third-order valence-corrected chi connectivity index (χ3v) is 4.86. The molecule has 5 nitrogen and oxygen atoms in total. The number of ether oxygens (including phenoxy) is 1. The smallest absolute Gasteiger partial charge is 0.261 e.